The third-order valence-electron chi connectivity index (χ3n) is 1.70. The molecule has 3 amide bonds. The lowest BCUT2D eigenvalue weighted by atomic mass is 10.2. The van der Waals surface area contributed by atoms with Gasteiger partial charge in [0.15, 0.2) is 0 Å². The van der Waals surface area contributed by atoms with Crippen LogP contribution in [0.4, 0.5) is 9.59 Å². The second kappa shape index (κ2) is 7.45. The Bertz CT molecular complexity index is 338. The average Bonchev–Trinajstić information content (AvgIpc) is 2.21. The normalized spacial score (nSPS) is 10.5. The van der Waals surface area contributed by atoms with Gasteiger partial charge in [-0.15, -0.1) is 0 Å². The summed E-state index contributed by atoms with van der Waals surface area (Å²) in [5.74, 6) is -0.597. The van der Waals surface area contributed by atoms with Gasteiger partial charge < -0.3 is 15.2 Å². The molecule has 0 fully saturated rings. The van der Waals surface area contributed by atoms with Gasteiger partial charge in [-0.3, -0.25) is 4.79 Å². The Labute approximate surface area is 112 Å². The van der Waals surface area contributed by atoms with Crippen molar-refractivity contribution in [1.29, 1.82) is 0 Å². The van der Waals surface area contributed by atoms with E-state index in [1.54, 1.807) is 27.7 Å². The third kappa shape index (κ3) is 8.70. The monoisotopic (exact) mass is 275 g/mol. The molecule has 0 aromatic carbocycles. The molecule has 0 aliphatic heterocycles. The molecular weight excluding hydrogens is 254 g/mol. The first-order valence-electron chi connectivity index (χ1n) is 5.88. The molecule has 19 heavy (non-hydrogen) atoms. The van der Waals surface area contributed by atoms with Crippen LogP contribution in [0.25, 0.3) is 0 Å². The summed E-state index contributed by atoms with van der Waals surface area (Å²) in [5.41, 5.74) is 6.49. The van der Waals surface area contributed by atoms with Crippen LogP contribution in [-0.2, 0) is 14.3 Å². The van der Waals surface area contributed by atoms with Gasteiger partial charge in [-0.2, -0.15) is 0 Å². The number of nitrogens with one attached hydrogen (secondary N) is 1. The molecule has 110 valence electrons. The minimum atomic E-state index is -0.815. The number of hydrazine groups is 1. The van der Waals surface area contributed by atoms with Crippen molar-refractivity contribution >= 4 is 18.1 Å². The van der Waals surface area contributed by atoms with Gasteiger partial charge in [0.05, 0.1) is 13.2 Å². The van der Waals surface area contributed by atoms with Crippen LogP contribution >= 0.6 is 0 Å². The number of amides is 3. The van der Waals surface area contributed by atoms with E-state index < -0.39 is 23.7 Å². The lowest BCUT2D eigenvalue weighted by molar-refractivity contribution is -0.118. The highest BCUT2D eigenvalue weighted by Gasteiger charge is 2.22. The van der Waals surface area contributed by atoms with E-state index in [1.807, 2.05) is 0 Å². The zero-order valence-electron chi connectivity index (χ0n) is 11.7. The first kappa shape index (κ1) is 17.0. The van der Waals surface area contributed by atoms with E-state index in [1.165, 1.54) is 0 Å². The van der Waals surface area contributed by atoms with E-state index in [2.05, 4.69) is 5.43 Å². The van der Waals surface area contributed by atoms with Gasteiger partial charge in [-0.05, 0) is 27.7 Å². The van der Waals surface area contributed by atoms with Crippen molar-refractivity contribution in [3.63, 3.8) is 0 Å². The van der Waals surface area contributed by atoms with Gasteiger partial charge in [-0.25, -0.2) is 20.0 Å². The summed E-state index contributed by atoms with van der Waals surface area (Å²) >= 11 is 0. The molecule has 0 aliphatic rings. The summed E-state index contributed by atoms with van der Waals surface area (Å²) in [6, 6.07) is 0. The minimum Gasteiger partial charge on any atom is -0.448 e. The van der Waals surface area contributed by atoms with Gasteiger partial charge in [0.1, 0.15) is 5.60 Å². The number of hydrogen-bond acceptors (Lipinski definition) is 5. The summed E-state index contributed by atoms with van der Waals surface area (Å²) in [4.78, 5) is 33.8. The maximum absolute atomic E-state index is 11.5. The van der Waals surface area contributed by atoms with Crippen LogP contribution < -0.4 is 11.2 Å². The van der Waals surface area contributed by atoms with Crippen molar-refractivity contribution in [3.05, 3.63) is 0 Å². The summed E-state index contributed by atoms with van der Waals surface area (Å²) < 4.78 is 9.72. The van der Waals surface area contributed by atoms with Crippen LogP contribution in [0.3, 0.4) is 0 Å². The maximum atomic E-state index is 11.5. The summed E-state index contributed by atoms with van der Waals surface area (Å²) in [6.07, 6.45) is -1.70. The first-order valence-corrected chi connectivity index (χ1v) is 5.88. The minimum absolute atomic E-state index is 0.0899. The molecule has 0 heterocycles. The van der Waals surface area contributed by atoms with Crippen LogP contribution in [0, 0.1) is 0 Å². The highest BCUT2D eigenvalue weighted by Crippen LogP contribution is 2.07. The van der Waals surface area contributed by atoms with Crippen molar-refractivity contribution in [3.8, 4) is 0 Å². The number of carbonyl (C=O) groups is 3. The molecule has 0 saturated heterocycles. The second-order valence-corrected chi connectivity index (χ2v) is 4.68. The van der Waals surface area contributed by atoms with E-state index in [0.717, 1.165) is 5.01 Å². The van der Waals surface area contributed by atoms with Gasteiger partial charge in [0.25, 0.3) is 0 Å². The number of rotatable bonds is 4. The van der Waals surface area contributed by atoms with Crippen molar-refractivity contribution in [2.75, 3.05) is 13.2 Å². The Morgan fingerprint density at radius 3 is 2.26 bits per heavy atom. The lowest BCUT2D eigenvalue weighted by Gasteiger charge is -2.25. The van der Waals surface area contributed by atoms with E-state index >= 15 is 0 Å². The van der Waals surface area contributed by atoms with Crippen molar-refractivity contribution < 1.29 is 23.9 Å². The van der Waals surface area contributed by atoms with E-state index in [9.17, 15) is 14.4 Å². The molecule has 0 spiro atoms. The number of ether oxygens (including phenoxy) is 2. The zero-order chi connectivity index (χ0) is 15.1. The largest absolute Gasteiger partial charge is 0.448 e. The Kier molecular flexibility index (Phi) is 6.67. The predicted octanol–water partition coefficient (Wildman–Crippen LogP) is 0.760. The molecule has 0 atom stereocenters. The summed E-state index contributed by atoms with van der Waals surface area (Å²) in [5, 5.41) is 0.850. The molecule has 0 aromatic heterocycles. The molecular formula is C11H21N3O5. The van der Waals surface area contributed by atoms with Gasteiger partial charge in [-0.1, -0.05) is 0 Å². The van der Waals surface area contributed by atoms with Crippen molar-refractivity contribution in [2.24, 2.45) is 5.73 Å². The van der Waals surface area contributed by atoms with Gasteiger partial charge in [0.2, 0.25) is 5.91 Å². The van der Waals surface area contributed by atoms with Gasteiger partial charge >= 0.3 is 12.2 Å². The molecule has 0 saturated carbocycles. The van der Waals surface area contributed by atoms with E-state index in [-0.39, 0.29) is 19.6 Å². The molecule has 0 unspecified atom stereocenters. The third-order valence-corrected chi connectivity index (χ3v) is 1.70. The SMILES string of the molecule is CCOC(=O)N(CCC(N)=O)NC(=O)OC(C)(C)C. The van der Waals surface area contributed by atoms with Crippen LogP contribution in [-0.4, -0.2) is 41.9 Å². The lowest BCUT2D eigenvalue weighted by Crippen LogP contribution is -2.49. The standard InChI is InChI=1S/C11H21N3O5/c1-5-18-10(17)14(7-6-8(12)15)13-9(16)19-11(2,3)4/h5-7H2,1-4H3,(H2,12,15)(H,13,16). The predicted molar refractivity (Wildman–Crippen MR) is 66.9 cm³/mol. The Morgan fingerprint density at radius 1 is 1.26 bits per heavy atom. The summed E-state index contributed by atoms with van der Waals surface area (Å²) in [7, 11) is 0. The second-order valence-electron chi connectivity index (χ2n) is 4.68. The maximum Gasteiger partial charge on any atom is 0.428 e. The summed E-state index contributed by atoms with van der Waals surface area (Å²) in [6.45, 7) is 6.73. The molecule has 8 nitrogen and oxygen atoms in total. The number of primary amides is 1. The van der Waals surface area contributed by atoms with Gasteiger partial charge in [0, 0.05) is 6.42 Å². The topological polar surface area (TPSA) is 111 Å². The van der Waals surface area contributed by atoms with Crippen LogP contribution in [0.2, 0.25) is 0 Å². The Hall–Kier alpha value is -1.99. The fraction of sp³-hybridized carbons (Fsp3) is 0.727. The first-order chi connectivity index (χ1) is 8.65. The van der Waals surface area contributed by atoms with Crippen LogP contribution in [0.1, 0.15) is 34.1 Å². The van der Waals surface area contributed by atoms with E-state index in [0.29, 0.717) is 0 Å². The Balaban J connectivity index is 4.52. The zero-order valence-corrected chi connectivity index (χ0v) is 11.7. The number of nitrogens with zero attached hydrogens (tertiary/aromatic N) is 1. The number of carbonyl (C=O) groups excluding carboxylic acids is 3. The average molecular weight is 275 g/mol. The van der Waals surface area contributed by atoms with Crippen LogP contribution in [0.5, 0.6) is 0 Å². The van der Waals surface area contributed by atoms with E-state index in [4.69, 9.17) is 15.2 Å². The highest BCUT2D eigenvalue weighted by atomic mass is 16.6. The van der Waals surface area contributed by atoms with Crippen molar-refractivity contribution in [2.45, 2.75) is 39.7 Å². The Morgan fingerprint density at radius 2 is 1.84 bits per heavy atom. The smallest absolute Gasteiger partial charge is 0.428 e. The molecule has 0 bridgehead atoms. The fourth-order valence-corrected chi connectivity index (χ4v) is 1.03. The molecule has 0 aromatic rings. The van der Waals surface area contributed by atoms with Crippen LogP contribution in [0.15, 0.2) is 0 Å². The number of hydrogen-bond donors (Lipinski definition) is 2. The highest BCUT2D eigenvalue weighted by molar-refractivity contribution is 5.76. The molecule has 0 rings (SSSR count). The molecule has 0 aliphatic carbocycles. The van der Waals surface area contributed by atoms with Crippen molar-refractivity contribution in [1.82, 2.24) is 10.4 Å². The number of nitrogens with two attached hydrogens (primary N) is 1. The fourth-order valence-electron chi connectivity index (χ4n) is 1.03. The molecule has 0 radical (unpaired) electrons. The molecule has 3 N–H and O–H groups in total. The molecule has 8 heteroatoms. The quantitative estimate of drug-likeness (QED) is 0.736.